The lowest BCUT2D eigenvalue weighted by Gasteiger charge is -2.00. The van der Waals surface area contributed by atoms with E-state index in [0.29, 0.717) is 22.7 Å². The standard InChI is InChI=1S/C13H16FN3S/c1-3-7-15-8-11-16-17-13(18-11)10-6-4-5-9(2)12(10)14/h4-6,15H,3,7-8H2,1-2H3. The minimum Gasteiger partial charge on any atom is -0.310 e. The minimum absolute atomic E-state index is 0.207. The number of aromatic nitrogens is 2. The molecule has 0 aliphatic heterocycles. The fraction of sp³-hybridized carbons (Fsp3) is 0.385. The van der Waals surface area contributed by atoms with E-state index < -0.39 is 0 Å². The molecule has 1 aromatic carbocycles. The van der Waals surface area contributed by atoms with E-state index in [-0.39, 0.29) is 5.82 Å². The molecule has 0 radical (unpaired) electrons. The Bertz CT molecular complexity index is 525. The van der Waals surface area contributed by atoms with E-state index in [4.69, 9.17) is 0 Å². The van der Waals surface area contributed by atoms with Gasteiger partial charge in [0.2, 0.25) is 0 Å². The summed E-state index contributed by atoms with van der Waals surface area (Å²) in [6, 6.07) is 5.33. The summed E-state index contributed by atoms with van der Waals surface area (Å²) >= 11 is 1.43. The molecule has 18 heavy (non-hydrogen) atoms. The number of hydrogen-bond donors (Lipinski definition) is 1. The van der Waals surface area contributed by atoms with Crippen molar-refractivity contribution in [1.29, 1.82) is 0 Å². The Morgan fingerprint density at radius 1 is 1.33 bits per heavy atom. The normalized spacial score (nSPS) is 10.8. The van der Waals surface area contributed by atoms with Crippen LogP contribution in [0.25, 0.3) is 10.6 Å². The van der Waals surface area contributed by atoms with E-state index in [0.717, 1.165) is 18.0 Å². The van der Waals surface area contributed by atoms with Crippen molar-refractivity contribution >= 4 is 11.3 Å². The third-order valence-electron chi connectivity index (χ3n) is 2.59. The van der Waals surface area contributed by atoms with Gasteiger partial charge in [0.1, 0.15) is 10.8 Å². The highest BCUT2D eigenvalue weighted by Gasteiger charge is 2.12. The Hall–Kier alpha value is -1.33. The van der Waals surface area contributed by atoms with Gasteiger partial charge in [-0.05, 0) is 31.5 Å². The Balaban J connectivity index is 2.16. The average molecular weight is 265 g/mol. The van der Waals surface area contributed by atoms with Gasteiger partial charge in [0.05, 0.1) is 0 Å². The maximum Gasteiger partial charge on any atom is 0.150 e. The summed E-state index contributed by atoms with van der Waals surface area (Å²) in [5.74, 6) is -0.207. The van der Waals surface area contributed by atoms with Crippen molar-refractivity contribution in [1.82, 2.24) is 15.5 Å². The number of aryl methyl sites for hydroxylation is 1. The third-order valence-corrected chi connectivity index (χ3v) is 3.55. The van der Waals surface area contributed by atoms with Gasteiger partial charge in [-0.3, -0.25) is 0 Å². The van der Waals surface area contributed by atoms with Crippen LogP contribution in [0.15, 0.2) is 18.2 Å². The van der Waals surface area contributed by atoms with Gasteiger partial charge in [0.15, 0.2) is 5.01 Å². The first-order valence-electron chi connectivity index (χ1n) is 6.01. The van der Waals surface area contributed by atoms with Gasteiger partial charge in [0, 0.05) is 12.1 Å². The van der Waals surface area contributed by atoms with Crippen LogP contribution in [0.2, 0.25) is 0 Å². The lowest BCUT2D eigenvalue weighted by molar-refractivity contribution is 0.621. The molecule has 0 aliphatic rings. The molecule has 0 atom stereocenters. The zero-order chi connectivity index (χ0) is 13.0. The number of nitrogens with one attached hydrogen (secondary N) is 1. The minimum atomic E-state index is -0.207. The molecule has 96 valence electrons. The average Bonchev–Trinajstić information content (AvgIpc) is 2.82. The zero-order valence-electron chi connectivity index (χ0n) is 10.5. The van der Waals surface area contributed by atoms with Crippen LogP contribution in [-0.4, -0.2) is 16.7 Å². The number of hydrogen-bond acceptors (Lipinski definition) is 4. The van der Waals surface area contributed by atoms with Crippen LogP contribution in [-0.2, 0) is 6.54 Å². The van der Waals surface area contributed by atoms with E-state index in [1.54, 1.807) is 19.1 Å². The SMILES string of the molecule is CCCNCc1nnc(-c2cccc(C)c2F)s1. The van der Waals surface area contributed by atoms with Crippen molar-refractivity contribution in [2.75, 3.05) is 6.54 Å². The predicted octanol–water partition coefficient (Wildman–Crippen LogP) is 3.15. The molecule has 0 fully saturated rings. The molecule has 0 saturated carbocycles. The molecule has 0 amide bonds. The molecular weight excluding hydrogens is 249 g/mol. The zero-order valence-corrected chi connectivity index (χ0v) is 11.4. The Morgan fingerprint density at radius 3 is 2.94 bits per heavy atom. The van der Waals surface area contributed by atoms with Gasteiger partial charge in [0.25, 0.3) is 0 Å². The topological polar surface area (TPSA) is 37.8 Å². The lowest BCUT2D eigenvalue weighted by atomic mass is 10.1. The molecule has 0 saturated heterocycles. The summed E-state index contributed by atoms with van der Waals surface area (Å²) in [6.45, 7) is 5.51. The second kappa shape index (κ2) is 6.02. The molecule has 0 unspecified atom stereocenters. The fourth-order valence-corrected chi connectivity index (χ4v) is 2.45. The smallest absolute Gasteiger partial charge is 0.150 e. The fourth-order valence-electron chi connectivity index (χ4n) is 1.62. The van der Waals surface area contributed by atoms with Crippen LogP contribution in [0.5, 0.6) is 0 Å². The van der Waals surface area contributed by atoms with E-state index in [1.807, 2.05) is 6.07 Å². The first-order valence-corrected chi connectivity index (χ1v) is 6.82. The maximum atomic E-state index is 13.9. The molecule has 2 rings (SSSR count). The van der Waals surface area contributed by atoms with Crippen LogP contribution < -0.4 is 5.32 Å². The van der Waals surface area contributed by atoms with Crippen LogP contribution in [0.4, 0.5) is 4.39 Å². The van der Waals surface area contributed by atoms with E-state index in [1.165, 1.54) is 11.3 Å². The first-order chi connectivity index (χ1) is 8.72. The molecular formula is C13H16FN3S. The quantitative estimate of drug-likeness (QED) is 0.844. The van der Waals surface area contributed by atoms with Gasteiger partial charge >= 0.3 is 0 Å². The van der Waals surface area contributed by atoms with Crippen molar-refractivity contribution in [3.05, 3.63) is 34.6 Å². The molecule has 3 nitrogen and oxygen atoms in total. The van der Waals surface area contributed by atoms with E-state index >= 15 is 0 Å². The maximum absolute atomic E-state index is 13.9. The van der Waals surface area contributed by atoms with Gasteiger partial charge in [-0.15, -0.1) is 10.2 Å². The second-order valence-electron chi connectivity index (χ2n) is 4.11. The van der Waals surface area contributed by atoms with Crippen LogP contribution in [0.1, 0.15) is 23.9 Å². The molecule has 5 heteroatoms. The number of rotatable bonds is 5. The Morgan fingerprint density at radius 2 is 2.17 bits per heavy atom. The highest BCUT2D eigenvalue weighted by Crippen LogP contribution is 2.27. The summed E-state index contributed by atoms with van der Waals surface area (Å²) in [5, 5.41) is 12.9. The molecule has 1 heterocycles. The lowest BCUT2D eigenvalue weighted by Crippen LogP contribution is -2.13. The summed E-state index contributed by atoms with van der Waals surface area (Å²) in [6.07, 6.45) is 1.08. The third kappa shape index (κ3) is 2.91. The molecule has 0 bridgehead atoms. The number of nitrogens with zero attached hydrogens (tertiary/aromatic N) is 2. The van der Waals surface area contributed by atoms with Crippen LogP contribution >= 0.6 is 11.3 Å². The highest BCUT2D eigenvalue weighted by atomic mass is 32.1. The molecule has 0 spiro atoms. The Labute approximate surface area is 110 Å². The van der Waals surface area contributed by atoms with Crippen molar-refractivity contribution in [2.24, 2.45) is 0 Å². The highest BCUT2D eigenvalue weighted by molar-refractivity contribution is 7.14. The van der Waals surface area contributed by atoms with E-state index in [2.05, 4.69) is 22.4 Å². The van der Waals surface area contributed by atoms with Crippen LogP contribution in [0, 0.1) is 12.7 Å². The van der Waals surface area contributed by atoms with Gasteiger partial charge in [-0.2, -0.15) is 0 Å². The molecule has 0 aliphatic carbocycles. The van der Waals surface area contributed by atoms with Crippen molar-refractivity contribution in [2.45, 2.75) is 26.8 Å². The van der Waals surface area contributed by atoms with Gasteiger partial charge in [-0.25, -0.2) is 4.39 Å². The van der Waals surface area contributed by atoms with Crippen LogP contribution in [0.3, 0.4) is 0 Å². The summed E-state index contributed by atoms with van der Waals surface area (Å²) in [5.41, 5.74) is 1.17. The largest absolute Gasteiger partial charge is 0.310 e. The van der Waals surface area contributed by atoms with Crippen molar-refractivity contribution in [3.63, 3.8) is 0 Å². The molecule has 1 N–H and O–H groups in total. The Kier molecular flexibility index (Phi) is 4.38. The summed E-state index contributed by atoms with van der Waals surface area (Å²) < 4.78 is 13.9. The van der Waals surface area contributed by atoms with Gasteiger partial charge in [-0.1, -0.05) is 30.4 Å². The van der Waals surface area contributed by atoms with E-state index in [9.17, 15) is 4.39 Å². The monoisotopic (exact) mass is 265 g/mol. The molecule has 1 aromatic heterocycles. The number of benzene rings is 1. The van der Waals surface area contributed by atoms with Crippen molar-refractivity contribution < 1.29 is 4.39 Å². The summed E-state index contributed by atoms with van der Waals surface area (Å²) in [4.78, 5) is 0. The second-order valence-corrected chi connectivity index (χ2v) is 5.18. The van der Waals surface area contributed by atoms with Crippen molar-refractivity contribution in [3.8, 4) is 10.6 Å². The summed E-state index contributed by atoms with van der Waals surface area (Å²) in [7, 11) is 0. The first kappa shape index (κ1) is 13.1. The predicted molar refractivity (Wildman–Crippen MR) is 72.0 cm³/mol. The molecule has 2 aromatic rings. The van der Waals surface area contributed by atoms with Gasteiger partial charge < -0.3 is 5.32 Å². The number of halogens is 1.